The maximum atomic E-state index is 13.1. The molecule has 0 bridgehead atoms. The third kappa shape index (κ3) is 4.94. The summed E-state index contributed by atoms with van der Waals surface area (Å²) in [5.41, 5.74) is 2.05. The summed E-state index contributed by atoms with van der Waals surface area (Å²) < 4.78 is 33.8. The molecule has 2 atom stereocenters. The lowest BCUT2D eigenvalue weighted by Gasteiger charge is -2.22. The van der Waals surface area contributed by atoms with Gasteiger partial charge in [-0.3, -0.25) is 9.59 Å². The average Bonchev–Trinajstić information content (AvgIpc) is 3.07. The molecule has 32 heavy (non-hydrogen) atoms. The third-order valence-electron chi connectivity index (χ3n) is 5.50. The van der Waals surface area contributed by atoms with Gasteiger partial charge in [0, 0.05) is 24.3 Å². The van der Waals surface area contributed by atoms with Crippen LogP contribution in [-0.2, 0) is 26.0 Å². The lowest BCUT2D eigenvalue weighted by Crippen LogP contribution is -2.47. The monoisotopic (exact) mass is 459 g/mol. The zero-order chi connectivity index (χ0) is 23.6. The Balaban J connectivity index is 1.80. The minimum absolute atomic E-state index is 0.0351. The van der Waals surface area contributed by atoms with Crippen LogP contribution in [0.3, 0.4) is 0 Å². The SMILES string of the molecule is COc1ccc(NC(=O)C(NS(=O)(=O)c2ccc3c(c2)CC(C)N3C(C)=O)C(C)C)cc1. The summed E-state index contributed by atoms with van der Waals surface area (Å²) >= 11 is 0. The Labute approximate surface area is 189 Å². The first-order valence-electron chi connectivity index (χ1n) is 10.4. The number of methoxy groups -OCH3 is 1. The number of anilines is 2. The zero-order valence-corrected chi connectivity index (χ0v) is 19.7. The highest BCUT2D eigenvalue weighted by atomic mass is 32.2. The molecule has 9 heteroatoms. The maximum Gasteiger partial charge on any atom is 0.242 e. The third-order valence-corrected chi connectivity index (χ3v) is 6.94. The molecular weight excluding hydrogens is 430 g/mol. The molecule has 1 aliphatic rings. The number of carbonyl (C=O) groups is 2. The number of benzene rings is 2. The van der Waals surface area contributed by atoms with Crippen LogP contribution in [0.1, 0.15) is 33.3 Å². The molecule has 2 aromatic rings. The number of carbonyl (C=O) groups excluding carboxylic acids is 2. The average molecular weight is 460 g/mol. The van der Waals surface area contributed by atoms with E-state index < -0.39 is 22.0 Å². The van der Waals surface area contributed by atoms with Crippen molar-refractivity contribution in [3.05, 3.63) is 48.0 Å². The van der Waals surface area contributed by atoms with Crippen molar-refractivity contribution < 1.29 is 22.7 Å². The van der Waals surface area contributed by atoms with Crippen molar-refractivity contribution >= 4 is 33.2 Å². The first-order valence-corrected chi connectivity index (χ1v) is 11.9. The Morgan fingerprint density at radius 2 is 1.78 bits per heavy atom. The van der Waals surface area contributed by atoms with Crippen molar-refractivity contribution in [2.45, 2.75) is 51.1 Å². The van der Waals surface area contributed by atoms with E-state index in [1.165, 1.54) is 13.0 Å². The Kier molecular flexibility index (Phi) is 6.90. The highest BCUT2D eigenvalue weighted by Gasteiger charge is 2.32. The fourth-order valence-electron chi connectivity index (χ4n) is 3.88. The van der Waals surface area contributed by atoms with Gasteiger partial charge in [0.2, 0.25) is 21.8 Å². The number of hydrogen-bond donors (Lipinski definition) is 2. The number of rotatable bonds is 7. The van der Waals surface area contributed by atoms with Crippen molar-refractivity contribution in [3.63, 3.8) is 0 Å². The van der Waals surface area contributed by atoms with E-state index in [4.69, 9.17) is 4.74 Å². The highest BCUT2D eigenvalue weighted by Crippen LogP contribution is 2.34. The number of nitrogens with one attached hydrogen (secondary N) is 2. The van der Waals surface area contributed by atoms with Gasteiger partial charge in [0.15, 0.2) is 0 Å². The van der Waals surface area contributed by atoms with Crippen molar-refractivity contribution in [1.82, 2.24) is 4.72 Å². The van der Waals surface area contributed by atoms with Gasteiger partial charge in [-0.2, -0.15) is 4.72 Å². The molecule has 1 heterocycles. The van der Waals surface area contributed by atoms with Gasteiger partial charge in [-0.05, 0) is 67.3 Å². The van der Waals surface area contributed by atoms with Gasteiger partial charge in [-0.1, -0.05) is 13.8 Å². The first-order chi connectivity index (χ1) is 15.0. The van der Waals surface area contributed by atoms with Crippen LogP contribution in [0.5, 0.6) is 5.75 Å². The minimum atomic E-state index is -3.96. The molecule has 2 unspecified atom stereocenters. The van der Waals surface area contributed by atoms with E-state index >= 15 is 0 Å². The predicted molar refractivity (Wildman–Crippen MR) is 123 cm³/mol. The summed E-state index contributed by atoms with van der Waals surface area (Å²) in [4.78, 5) is 26.5. The summed E-state index contributed by atoms with van der Waals surface area (Å²) in [6, 6.07) is 10.5. The van der Waals surface area contributed by atoms with Crippen LogP contribution in [-0.4, -0.2) is 39.4 Å². The second kappa shape index (κ2) is 9.30. The van der Waals surface area contributed by atoms with Crippen molar-refractivity contribution in [1.29, 1.82) is 0 Å². The lowest BCUT2D eigenvalue weighted by molar-refractivity contribution is -0.118. The molecule has 0 saturated heterocycles. The van der Waals surface area contributed by atoms with Crippen LogP contribution in [0.25, 0.3) is 0 Å². The zero-order valence-electron chi connectivity index (χ0n) is 18.9. The molecule has 0 radical (unpaired) electrons. The molecule has 2 N–H and O–H groups in total. The normalized spacial score (nSPS) is 16.6. The second-order valence-electron chi connectivity index (χ2n) is 8.29. The molecule has 172 valence electrons. The Morgan fingerprint density at radius 3 is 2.34 bits per heavy atom. The Hall–Kier alpha value is -2.91. The van der Waals surface area contributed by atoms with E-state index in [0.29, 0.717) is 17.9 Å². The standard InChI is InChI=1S/C23H29N3O5S/c1-14(2)22(23(28)24-18-6-8-19(31-5)9-7-18)25-32(29,30)20-10-11-21-17(13-20)12-15(3)26(21)16(4)27/h6-11,13-15,22,25H,12H2,1-5H3,(H,24,28). The molecule has 0 aromatic heterocycles. The van der Waals surface area contributed by atoms with Crippen LogP contribution >= 0.6 is 0 Å². The number of nitrogens with zero attached hydrogens (tertiary/aromatic N) is 1. The summed E-state index contributed by atoms with van der Waals surface area (Å²) in [6.07, 6.45) is 0.573. The predicted octanol–water partition coefficient (Wildman–Crippen LogP) is 2.93. The van der Waals surface area contributed by atoms with E-state index in [2.05, 4.69) is 10.0 Å². The number of amides is 2. The lowest BCUT2D eigenvalue weighted by atomic mass is 10.0. The fourth-order valence-corrected chi connectivity index (χ4v) is 5.27. The molecular formula is C23H29N3O5S. The molecule has 2 aromatic carbocycles. The van der Waals surface area contributed by atoms with Crippen LogP contribution in [0, 0.1) is 5.92 Å². The fraction of sp³-hybridized carbons (Fsp3) is 0.391. The minimum Gasteiger partial charge on any atom is -0.497 e. The van der Waals surface area contributed by atoms with Gasteiger partial charge in [-0.15, -0.1) is 0 Å². The summed E-state index contributed by atoms with van der Waals surface area (Å²) in [6.45, 7) is 6.96. The van der Waals surface area contributed by atoms with Gasteiger partial charge >= 0.3 is 0 Å². The second-order valence-corrected chi connectivity index (χ2v) is 10.0. The highest BCUT2D eigenvalue weighted by molar-refractivity contribution is 7.89. The first kappa shape index (κ1) is 23.7. The van der Waals surface area contributed by atoms with Gasteiger partial charge in [0.05, 0.1) is 12.0 Å². The van der Waals surface area contributed by atoms with Crippen molar-refractivity contribution in [3.8, 4) is 5.75 Å². The number of sulfonamides is 1. The molecule has 0 aliphatic carbocycles. The molecule has 0 saturated carbocycles. The Bertz CT molecular complexity index is 1110. The van der Waals surface area contributed by atoms with E-state index in [1.807, 2.05) is 6.92 Å². The quantitative estimate of drug-likeness (QED) is 0.662. The van der Waals surface area contributed by atoms with Gasteiger partial charge in [-0.25, -0.2) is 8.42 Å². The topological polar surface area (TPSA) is 105 Å². The van der Waals surface area contributed by atoms with Crippen LogP contribution < -0.4 is 19.7 Å². The number of ether oxygens (including phenoxy) is 1. The molecule has 3 rings (SSSR count). The van der Waals surface area contributed by atoms with Crippen LogP contribution in [0.2, 0.25) is 0 Å². The van der Waals surface area contributed by atoms with E-state index in [-0.39, 0.29) is 22.8 Å². The molecule has 0 fully saturated rings. The van der Waals surface area contributed by atoms with E-state index in [0.717, 1.165) is 11.3 Å². The molecule has 2 amide bonds. The van der Waals surface area contributed by atoms with Gasteiger partial charge in [0.25, 0.3) is 0 Å². The van der Waals surface area contributed by atoms with Crippen molar-refractivity contribution in [2.75, 3.05) is 17.3 Å². The maximum absolute atomic E-state index is 13.1. The van der Waals surface area contributed by atoms with E-state index in [9.17, 15) is 18.0 Å². The Morgan fingerprint density at radius 1 is 1.12 bits per heavy atom. The largest absolute Gasteiger partial charge is 0.497 e. The van der Waals surface area contributed by atoms with Crippen molar-refractivity contribution in [2.24, 2.45) is 5.92 Å². The smallest absolute Gasteiger partial charge is 0.242 e. The van der Waals surface area contributed by atoms with Crippen LogP contribution in [0.4, 0.5) is 11.4 Å². The number of fused-ring (bicyclic) bond motifs is 1. The summed E-state index contributed by atoms with van der Waals surface area (Å²) in [7, 11) is -2.41. The van der Waals surface area contributed by atoms with Gasteiger partial charge < -0.3 is 15.0 Å². The van der Waals surface area contributed by atoms with E-state index in [1.54, 1.807) is 62.3 Å². The molecule has 8 nitrogen and oxygen atoms in total. The van der Waals surface area contributed by atoms with Gasteiger partial charge in [0.1, 0.15) is 11.8 Å². The summed E-state index contributed by atoms with van der Waals surface area (Å²) in [5.74, 6) is -0.171. The number of hydrogen-bond acceptors (Lipinski definition) is 5. The molecule has 0 spiro atoms. The summed E-state index contributed by atoms with van der Waals surface area (Å²) in [5, 5.41) is 2.75. The van der Waals surface area contributed by atoms with Crippen LogP contribution in [0.15, 0.2) is 47.4 Å². The molecule has 1 aliphatic heterocycles.